The molecule has 1 aromatic carbocycles. The number of amides is 1. The molecule has 2 aromatic rings. The summed E-state index contributed by atoms with van der Waals surface area (Å²) in [6, 6.07) is 10.4. The maximum absolute atomic E-state index is 12.0. The van der Waals surface area contributed by atoms with Gasteiger partial charge in [0.1, 0.15) is 10.8 Å². The minimum atomic E-state index is -0.285. The predicted octanol–water partition coefficient (Wildman–Crippen LogP) is 2.68. The number of hydrogen-bond acceptors (Lipinski definition) is 4. The average molecular weight is 307 g/mol. The Hall–Kier alpha value is -2.27. The molecule has 0 saturated heterocycles. The maximum Gasteiger partial charge on any atom is 0.270 e. The number of halogens is 1. The lowest BCUT2D eigenvalue weighted by atomic mass is 10.2. The number of nitrogens with zero attached hydrogens (tertiary/aromatic N) is 1. The molecule has 0 aliphatic rings. The normalized spacial score (nSPS) is 10.0. The first-order chi connectivity index (χ1) is 10.1. The highest BCUT2D eigenvalue weighted by Crippen LogP contribution is 2.27. The van der Waals surface area contributed by atoms with E-state index in [1.165, 1.54) is 0 Å². The SMILES string of the molecule is COc1ccc(CNC(=O)c2cccc(Cl)n2)cc1OC. The van der Waals surface area contributed by atoms with E-state index in [9.17, 15) is 4.79 Å². The molecule has 1 amide bonds. The van der Waals surface area contributed by atoms with Crippen LogP contribution in [0.3, 0.4) is 0 Å². The van der Waals surface area contributed by atoms with E-state index in [1.54, 1.807) is 38.5 Å². The number of ether oxygens (including phenoxy) is 2. The molecule has 1 aromatic heterocycles. The van der Waals surface area contributed by atoms with Crippen molar-refractivity contribution in [2.45, 2.75) is 6.54 Å². The second-order valence-electron chi connectivity index (χ2n) is 4.22. The van der Waals surface area contributed by atoms with Gasteiger partial charge < -0.3 is 14.8 Å². The standard InChI is InChI=1S/C15H15ClN2O3/c1-20-12-7-6-10(8-13(12)21-2)9-17-15(19)11-4-3-5-14(16)18-11/h3-8H,9H2,1-2H3,(H,17,19). The summed E-state index contributed by atoms with van der Waals surface area (Å²) in [5.41, 5.74) is 1.17. The molecule has 0 spiro atoms. The van der Waals surface area contributed by atoms with Crippen molar-refractivity contribution < 1.29 is 14.3 Å². The van der Waals surface area contributed by atoms with E-state index in [4.69, 9.17) is 21.1 Å². The highest BCUT2D eigenvalue weighted by atomic mass is 35.5. The summed E-state index contributed by atoms with van der Waals surface area (Å²) in [7, 11) is 3.14. The van der Waals surface area contributed by atoms with Crippen molar-refractivity contribution in [2.24, 2.45) is 0 Å². The van der Waals surface area contributed by atoms with Crippen LogP contribution in [0, 0.1) is 0 Å². The maximum atomic E-state index is 12.0. The van der Waals surface area contributed by atoms with Crippen LogP contribution in [0.4, 0.5) is 0 Å². The Bertz CT molecular complexity index is 647. The van der Waals surface area contributed by atoms with Crippen LogP contribution in [-0.2, 0) is 6.54 Å². The van der Waals surface area contributed by atoms with Crippen LogP contribution in [0.2, 0.25) is 5.15 Å². The molecule has 0 bridgehead atoms. The number of methoxy groups -OCH3 is 2. The van der Waals surface area contributed by atoms with E-state index in [1.807, 2.05) is 12.1 Å². The summed E-state index contributed by atoms with van der Waals surface area (Å²) in [6.07, 6.45) is 0. The van der Waals surface area contributed by atoms with E-state index < -0.39 is 0 Å². The van der Waals surface area contributed by atoms with Crippen molar-refractivity contribution in [1.82, 2.24) is 10.3 Å². The molecule has 1 N–H and O–H groups in total. The van der Waals surface area contributed by atoms with Crippen molar-refractivity contribution in [3.63, 3.8) is 0 Å². The molecule has 0 aliphatic heterocycles. The highest BCUT2D eigenvalue weighted by Gasteiger charge is 2.09. The molecular formula is C15H15ClN2O3. The second kappa shape index (κ2) is 6.95. The molecule has 0 saturated carbocycles. The third kappa shape index (κ3) is 3.86. The summed E-state index contributed by atoms with van der Waals surface area (Å²) in [6.45, 7) is 0.355. The van der Waals surface area contributed by atoms with E-state index in [0.29, 0.717) is 18.0 Å². The third-order valence-corrected chi connectivity index (χ3v) is 3.06. The van der Waals surface area contributed by atoms with Gasteiger partial charge in [-0.25, -0.2) is 4.98 Å². The van der Waals surface area contributed by atoms with Crippen molar-refractivity contribution in [3.8, 4) is 11.5 Å². The van der Waals surface area contributed by atoms with Gasteiger partial charge in [-0.3, -0.25) is 4.79 Å². The summed E-state index contributed by atoms with van der Waals surface area (Å²) < 4.78 is 10.4. The molecular weight excluding hydrogens is 292 g/mol. The van der Waals surface area contributed by atoms with Gasteiger partial charge >= 0.3 is 0 Å². The molecule has 0 fully saturated rings. The zero-order chi connectivity index (χ0) is 15.2. The Labute approximate surface area is 127 Å². The fourth-order valence-electron chi connectivity index (χ4n) is 1.80. The van der Waals surface area contributed by atoms with Gasteiger partial charge in [0.05, 0.1) is 14.2 Å². The van der Waals surface area contributed by atoms with Crippen molar-refractivity contribution in [2.75, 3.05) is 14.2 Å². The van der Waals surface area contributed by atoms with Gasteiger partial charge in [-0.2, -0.15) is 0 Å². The largest absolute Gasteiger partial charge is 0.493 e. The minimum Gasteiger partial charge on any atom is -0.493 e. The molecule has 6 heteroatoms. The zero-order valence-corrected chi connectivity index (χ0v) is 12.5. The first kappa shape index (κ1) is 15.1. The molecule has 2 rings (SSSR count). The summed E-state index contributed by atoms with van der Waals surface area (Å²) >= 11 is 5.76. The molecule has 0 atom stereocenters. The van der Waals surface area contributed by atoms with Crippen LogP contribution in [0.1, 0.15) is 16.1 Å². The number of benzene rings is 1. The van der Waals surface area contributed by atoms with Gasteiger partial charge in [-0.15, -0.1) is 0 Å². The van der Waals surface area contributed by atoms with Crippen LogP contribution in [-0.4, -0.2) is 25.1 Å². The second-order valence-corrected chi connectivity index (χ2v) is 4.60. The average Bonchev–Trinajstić information content (AvgIpc) is 2.52. The van der Waals surface area contributed by atoms with Gasteiger partial charge in [0.25, 0.3) is 5.91 Å². The molecule has 0 aliphatic carbocycles. The number of nitrogens with one attached hydrogen (secondary N) is 1. The molecule has 5 nitrogen and oxygen atoms in total. The quantitative estimate of drug-likeness (QED) is 0.863. The minimum absolute atomic E-state index is 0.281. The molecule has 110 valence electrons. The monoisotopic (exact) mass is 306 g/mol. The van der Waals surface area contributed by atoms with Crippen LogP contribution >= 0.6 is 11.6 Å². The van der Waals surface area contributed by atoms with Gasteiger partial charge in [-0.1, -0.05) is 23.7 Å². The Balaban J connectivity index is 2.04. The topological polar surface area (TPSA) is 60.5 Å². The smallest absolute Gasteiger partial charge is 0.270 e. The molecule has 1 heterocycles. The van der Waals surface area contributed by atoms with Gasteiger partial charge in [0.15, 0.2) is 11.5 Å². The lowest BCUT2D eigenvalue weighted by molar-refractivity contribution is 0.0946. The number of carbonyl (C=O) groups is 1. The fraction of sp³-hybridized carbons (Fsp3) is 0.200. The van der Waals surface area contributed by atoms with Crippen molar-refractivity contribution in [3.05, 3.63) is 52.8 Å². The van der Waals surface area contributed by atoms with E-state index >= 15 is 0 Å². The Morgan fingerprint density at radius 2 is 1.95 bits per heavy atom. The molecule has 0 unspecified atom stereocenters. The number of hydrogen-bond donors (Lipinski definition) is 1. The fourth-order valence-corrected chi connectivity index (χ4v) is 1.96. The van der Waals surface area contributed by atoms with Gasteiger partial charge in [0.2, 0.25) is 0 Å². The Morgan fingerprint density at radius 3 is 2.62 bits per heavy atom. The van der Waals surface area contributed by atoms with Gasteiger partial charge in [0, 0.05) is 6.54 Å². The van der Waals surface area contributed by atoms with E-state index in [-0.39, 0.29) is 16.8 Å². The van der Waals surface area contributed by atoms with Crippen LogP contribution < -0.4 is 14.8 Å². The first-order valence-corrected chi connectivity index (χ1v) is 6.63. The summed E-state index contributed by atoms with van der Waals surface area (Å²) in [4.78, 5) is 15.9. The van der Waals surface area contributed by atoms with Crippen LogP contribution in [0.25, 0.3) is 0 Å². The van der Waals surface area contributed by atoms with Gasteiger partial charge in [-0.05, 0) is 29.8 Å². The molecule has 0 radical (unpaired) electrons. The zero-order valence-electron chi connectivity index (χ0n) is 11.7. The van der Waals surface area contributed by atoms with E-state index in [0.717, 1.165) is 5.56 Å². The number of carbonyl (C=O) groups excluding carboxylic acids is 1. The number of aromatic nitrogens is 1. The first-order valence-electron chi connectivity index (χ1n) is 6.25. The number of rotatable bonds is 5. The highest BCUT2D eigenvalue weighted by molar-refractivity contribution is 6.29. The van der Waals surface area contributed by atoms with Crippen molar-refractivity contribution >= 4 is 17.5 Å². The predicted molar refractivity (Wildman–Crippen MR) is 80.0 cm³/mol. The Morgan fingerprint density at radius 1 is 1.19 bits per heavy atom. The number of pyridine rings is 1. The Kier molecular flexibility index (Phi) is 5.00. The van der Waals surface area contributed by atoms with Crippen LogP contribution in [0.15, 0.2) is 36.4 Å². The lowest BCUT2D eigenvalue weighted by Crippen LogP contribution is -2.23. The summed E-state index contributed by atoms with van der Waals surface area (Å²) in [5, 5.41) is 3.06. The summed E-state index contributed by atoms with van der Waals surface area (Å²) in [5.74, 6) is 0.974. The lowest BCUT2D eigenvalue weighted by Gasteiger charge is -2.10. The van der Waals surface area contributed by atoms with E-state index in [2.05, 4.69) is 10.3 Å². The van der Waals surface area contributed by atoms with Crippen molar-refractivity contribution in [1.29, 1.82) is 0 Å². The van der Waals surface area contributed by atoms with Crippen LogP contribution in [0.5, 0.6) is 11.5 Å². The molecule has 21 heavy (non-hydrogen) atoms. The third-order valence-electron chi connectivity index (χ3n) is 2.85.